The van der Waals surface area contributed by atoms with E-state index in [1.807, 2.05) is 6.20 Å². The lowest BCUT2D eigenvalue weighted by atomic mass is 9.94. The summed E-state index contributed by atoms with van der Waals surface area (Å²) in [5.41, 5.74) is 1.06. The minimum absolute atomic E-state index is 0.0523. The molecule has 1 atom stereocenters. The van der Waals surface area contributed by atoms with Gasteiger partial charge in [-0.1, -0.05) is 0 Å². The van der Waals surface area contributed by atoms with E-state index in [0.717, 1.165) is 11.3 Å². The fourth-order valence-electron chi connectivity index (χ4n) is 2.48. The average molecular weight is 295 g/mol. The molecular formula is C14H21N3O4. The molecular weight excluding hydrogens is 274 g/mol. The van der Waals surface area contributed by atoms with Gasteiger partial charge in [-0.25, -0.2) is 4.79 Å². The third-order valence-electron chi connectivity index (χ3n) is 3.20. The molecule has 2 heterocycles. The molecule has 21 heavy (non-hydrogen) atoms. The van der Waals surface area contributed by atoms with Gasteiger partial charge in [0.1, 0.15) is 5.60 Å². The Morgan fingerprint density at radius 1 is 1.48 bits per heavy atom. The summed E-state index contributed by atoms with van der Waals surface area (Å²) in [6, 6.07) is 0. The van der Waals surface area contributed by atoms with Crippen molar-refractivity contribution in [2.45, 2.75) is 45.3 Å². The predicted molar refractivity (Wildman–Crippen MR) is 74.8 cm³/mol. The van der Waals surface area contributed by atoms with Gasteiger partial charge in [0.15, 0.2) is 0 Å². The SMILES string of the molecule is Cn1cc2c(n1)C(CC(=O)O)CN(C(=O)OC(C)(C)C)C2. The van der Waals surface area contributed by atoms with Crippen LogP contribution in [0.15, 0.2) is 6.20 Å². The quantitative estimate of drug-likeness (QED) is 0.898. The highest BCUT2D eigenvalue weighted by molar-refractivity contribution is 5.70. The van der Waals surface area contributed by atoms with Crippen LogP contribution in [0.3, 0.4) is 0 Å². The van der Waals surface area contributed by atoms with Crippen molar-refractivity contribution in [1.82, 2.24) is 14.7 Å². The number of aryl methyl sites for hydroxylation is 1. The summed E-state index contributed by atoms with van der Waals surface area (Å²) >= 11 is 0. The van der Waals surface area contributed by atoms with Gasteiger partial charge in [-0.05, 0) is 20.8 Å². The minimum Gasteiger partial charge on any atom is -0.481 e. The maximum Gasteiger partial charge on any atom is 0.410 e. The number of fused-ring (bicyclic) bond motifs is 1. The van der Waals surface area contributed by atoms with Crippen LogP contribution in [0.1, 0.15) is 44.4 Å². The van der Waals surface area contributed by atoms with Crippen molar-refractivity contribution in [2.24, 2.45) is 7.05 Å². The third-order valence-corrected chi connectivity index (χ3v) is 3.20. The number of aromatic nitrogens is 2. The summed E-state index contributed by atoms with van der Waals surface area (Å²) in [5, 5.41) is 13.4. The number of amides is 1. The number of carbonyl (C=O) groups excluding carboxylic acids is 1. The second-order valence-corrected chi connectivity index (χ2v) is 6.37. The molecule has 0 fully saturated rings. The molecule has 0 saturated carbocycles. The van der Waals surface area contributed by atoms with E-state index in [9.17, 15) is 9.59 Å². The fraction of sp³-hybridized carbons (Fsp3) is 0.643. The fourth-order valence-corrected chi connectivity index (χ4v) is 2.48. The molecule has 0 saturated heterocycles. The number of carboxylic acid groups (broad SMARTS) is 1. The van der Waals surface area contributed by atoms with E-state index in [-0.39, 0.29) is 12.3 Å². The molecule has 116 valence electrons. The van der Waals surface area contributed by atoms with Crippen molar-refractivity contribution < 1.29 is 19.4 Å². The average Bonchev–Trinajstić information content (AvgIpc) is 2.66. The third kappa shape index (κ3) is 3.74. The second kappa shape index (κ2) is 5.38. The van der Waals surface area contributed by atoms with Gasteiger partial charge in [0, 0.05) is 31.3 Å². The van der Waals surface area contributed by atoms with E-state index in [1.54, 1.807) is 37.4 Å². The number of aliphatic carboxylic acids is 1. The van der Waals surface area contributed by atoms with E-state index in [2.05, 4.69) is 5.10 Å². The molecule has 0 bridgehead atoms. The van der Waals surface area contributed by atoms with Gasteiger partial charge in [0.25, 0.3) is 0 Å². The van der Waals surface area contributed by atoms with E-state index < -0.39 is 17.7 Å². The van der Waals surface area contributed by atoms with Crippen molar-refractivity contribution in [1.29, 1.82) is 0 Å². The lowest BCUT2D eigenvalue weighted by Crippen LogP contribution is -2.41. The van der Waals surface area contributed by atoms with Gasteiger partial charge in [-0.2, -0.15) is 5.10 Å². The normalized spacial score (nSPS) is 18.3. The van der Waals surface area contributed by atoms with E-state index >= 15 is 0 Å². The number of hydrogen-bond donors (Lipinski definition) is 1. The topological polar surface area (TPSA) is 84.7 Å². The maximum absolute atomic E-state index is 12.2. The Morgan fingerprint density at radius 3 is 2.71 bits per heavy atom. The van der Waals surface area contributed by atoms with Crippen LogP contribution in [0, 0.1) is 0 Å². The molecule has 1 unspecified atom stereocenters. The number of hydrogen-bond acceptors (Lipinski definition) is 4. The van der Waals surface area contributed by atoms with Crippen LogP contribution in [-0.4, -0.2) is 44.0 Å². The molecule has 0 spiro atoms. The lowest BCUT2D eigenvalue weighted by molar-refractivity contribution is -0.137. The Labute approximate surface area is 123 Å². The van der Waals surface area contributed by atoms with Crippen LogP contribution in [0.25, 0.3) is 0 Å². The smallest absolute Gasteiger partial charge is 0.410 e. The van der Waals surface area contributed by atoms with Crippen LogP contribution < -0.4 is 0 Å². The predicted octanol–water partition coefficient (Wildman–Crippen LogP) is 1.73. The molecule has 0 aliphatic carbocycles. The molecule has 1 N–H and O–H groups in total. The summed E-state index contributed by atoms with van der Waals surface area (Å²) in [7, 11) is 1.79. The zero-order valence-corrected chi connectivity index (χ0v) is 12.8. The monoisotopic (exact) mass is 295 g/mol. The van der Waals surface area contributed by atoms with Crippen LogP contribution >= 0.6 is 0 Å². The molecule has 0 radical (unpaired) electrons. The maximum atomic E-state index is 12.2. The van der Waals surface area contributed by atoms with Crippen molar-refractivity contribution in [3.8, 4) is 0 Å². The first-order valence-corrected chi connectivity index (χ1v) is 6.88. The van der Waals surface area contributed by atoms with Crippen LogP contribution in [0.2, 0.25) is 0 Å². The Hall–Kier alpha value is -2.05. The summed E-state index contributed by atoms with van der Waals surface area (Å²) in [4.78, 5) is 24.8. The van der Waals surface area contributed by atoms with Crippen molar-refractivity contribution in [2.75, 3.05) is 6.54 Å². The second-order valence-electron chi connectivity index (χ2n) is 6.37. The number of ether oxygens (including phenoxy) is 1. The van der Waals surface area contributed by atoms with Crippen molar-refractivity contribution >= 4 is 12.1 Å². The molecule has 7 nitrogen and oxygen atoms in total. The largest absolute Gasteiger partial charge is 0.481 e. The molecule has 0 aromatic carbocycles. The lowest BCUT2D eigenvalue weighted by Gasteiger charge is -2.33. The molecule has 1 aromatic rings. The first-order chi connectivity index (χ1) is 9.65. The molecule has 1 aromatic heterocycles. The van der Waals surface area contributed by atoms with Crippen molar-refractivity contribution in [3.63, 3.8) is 0 Å². The van der Waals surface area contributed by atoms with Crippen LogP contribution in [-0.2, 0) is 23.1 Å². The summed E-state index contributed by atoms with van der Waals surface area (Å²) in [5.74, 6) is -1.21. The standard InChI is InChI=1S/C14H21N3O4/c1-14(2,3)21-13(20)17-7-9(5-11(18)19)12-10(8-17)6-16(4)15-12/h6,9H,5,7-8H2,1-4H3,(H,18,19). The molecule has 7 heteroatoms. The minimum atomic E-state index is -0.900. The first kappa shape index (κ1) is 15.3. The molecule has 1 amide bonds. The number of nitrogens with zero attached hydrogens (tertiary/aromatic N) is 3. The van der Waals surface area contributed by atoms with Gasteiger partial charge in [-0.3, -0.25) is 9.48 Å². The summed E-state index contributed by atoms with van der Waals surface area (Å²) in [6.45, 7) is 6.12. The van der Waals surface area contributed by atoms with E-state index in [0.29, 0.717) is 13.1 Å². The van der Waals surface area contributed by atoms with Crippen LogP contribution in [0.4, 0.5) is 4.79 Å². The van der Waals surface area contributed by atoms with Gasteiger partial charge >= 0.3 is 12.1 Å². The highest BCUT2D eigenvalue weighted by atomic mass is 16.6. The summed E-state index contributed by atoms with van der Waals surface area (Å²) in [6.07, 6.45) is 1.34. The zero-order valence-electron chi connectivity index (χ0n) is 12.8. The Bertz CT molecular complexity index is 559. The van der Waals surface area contributed by atoms with Gasteiger partial charge in [0.2, 0.25) is 0 Å². The molecule has 2 rings (SSSR count). The van der Waals surface area contributed by atoms with Gasteiger partial charge < -0.3 is 14.7 Å². The van der Waals surface area contributed by atoms with Crippen LogP contribution in [0.5, 0.6) is 0 Å². The Balaban J connectivity index is 2.21. The highest BCUT2D eigenvalue weighted by Gasteiger charge is 2.34. The van der Waals surface area contributed by atoms with Crippen molar-refractivity contribution in [3.05, 3.63) is 17.5 Å². The zero-order chi connectivity index (χ0) is 15.8. The van der Waals surface area contributed by atoms with Gasteiger partial charge in [-0.15, -0.1) is 0 Å². The Kier molecular flexibility index (Phi) is 3.93. The van der Waals surface area contributed by atoms with E-state index in [1.165, 1.54) is 0 Å². The number of rotatable bonds is 2. The molecule has 1 aliphatic rings. The van der Waals surface area contributed by atoms with E-state index in [4.69, 9.17) is 9.84 Å². The first-order valence-electron chi connectivity index (χ1n) is 6.88. The van der Waals surface area contributed by atoms with Gasteiger partial charge in [0.05, 0.1) is 18.7 Å². The summed E-state index contributed by atoms with van der Waals surface area (Å²) < 4.78 is 7.02. The molecule has 1 aliphatic heterocycles. The number of carbonyl (C=O) groups is 2. The number of carboxylic acids is 1. The Morgan fingerprint density at radius 2 is 2.14 bits per heavy atom. The highest BCUT2D eigenvalue weighted by Crippen LogP contribution is 2.30.